The number of imidazole rings is 1. The molecule has 17 heavy (non-hydrogen) atoms. The van der Waals surface area contributed by atoms with Gasteiger partial charge < -0.3 is 10.3 Å². The van der Waals surface area contributed by atoms with E-state index in [0.717, 1.165) is 17.0 Å². The fourth-order valence-electron chi connectivity index (χ4n) is 1.71. The first-order chi connectivity index (χ1) is 8.16. The molecule has 0 saturated carbocycles. The predicted octanol–water partition coefficient (Wildman–Crippen LogP) is 2.71. The molecule has 2 rings (SSSR count). The topological polar surface area (TPSA) is 40.7 Å². The lowest BCUT2D eigenvalue weighted by molar-refractivity contribution is 0.559. The number of hydrogen-bond donors (Lipinski definition) is 2. The Labute approximate surface area is 100 Å². The Balaban J connectivity index is 1.98. The molecule has 3 nitrogen and oxygen atoms in total. The van der Waals surface area contributed by atoms with E-state index < -0.39 is 0 Å². The van der Waals surface area contributed by atoms with Crippen LogP contribution in [0, 0.1) is 12.7 Å². The molecule has 1 atom stereocenters. The monoisotopic (exact) mass is 233 g/mol. The first-order valence-corrected chi connectivity index (χ1v) is 5.64. The number of hydrogen-bond acceptors (Lipinski definition) is 2. The molecule has 0 bridgehead atoms. The highest BCUT2D eigenvalue weighted by Crippen LogP contribution is 2.14. The molecule has 0 amide bonds. The predicted molar refractivity (Wildman–Crippen MR) is 65.0 cm³/mol. The van der Waals surface area contributed by atoms with Crippen molar-refractivity contribution < 1.29 is 4.39 Å². The van der Waals surface area contributed by atoms with E-state index in [4.69, 9.17) is 0 Å². The summed E-state index contributed by atoms with van der Waals surface area (Å²) in [5.41, 5.74) is 3.00. The van der Waals surface area contributed by atoms with E-state index in [1.807, 2.05) is 19.9 Å². The van der Waals surface area contributed by atoms with Crippen molar-refractivity contribution in [2.75, 3.05) is 0 Å². The van der Waals surface area contributed by atoms with Gasteiger partial charge in [-0.2, -0.15) is 0 Å². The normalized spacial score (nSPS) is 12.6. The van der Waals surface area contributed by atoms with E-state index in [-0.39, 0.29) is 11.9 Å². The summed E-state index contributed by atoms with van der Waals surface area (Å²) in [6.45, 7) is 4.67. The fourth-order valence-corrected chi connectivity index (χ4v) is 1.71. The number of benzene rings is 1. The molecule has 0 aliphatic heterocycles. The van der Waals surface area contributed by atoms with Crippen LogP contribution in [-0.2, 0) is 6.54 Å². The summed E-state index contributed by atoms with van der Waals surface area (Å²) in [4.78, 5) is 7.24. The maximum Gasteiger partial charge on any atom is 0.123 e. The van der Waals surface area contributed by atoms with Crippen LogP contribution in [0.1, 0.15) is 29.9 Å². The summed E-state index contributed by atoms with van der Waals surface area (Å²) in [6.07, 6.45) is 1.68. The molecule has 0 radical (unpaired) electrons. The van der Waals surface area contributed by atoms with E-state index in [1.165, 1.54) is 6.07 Å². The number of H-pyrrole nitrogens is 1. The molecule has 1 aromatic heterocycles. The van der Waals surface area contributed by atoms with Crippen LogP contribution in [0.2, 0.25) is 0 Å². The average molecular weight is 233 g/mol. The van der Waals surface area contributed by atoms with E-state index >= 15 is 0 Å². The summed E-state index contributed by atoms with van der Waals surface area (Å²) >= 11 is 0. The minimum atomic E-state index is -0.202. The van der Waals surface area contributed by atoms with Gasteiger partial charge in [-0.15, -0.1) is 0 Å². The van der Waals surface area contributed by atoms with Crippen LogP contribution >= 0.6 is 0 Å². The van der Waals surface area contributed by atoms with Gasteiger partial charge in [-0.1, -0.05) is 12.1 Å². The van der Waals surface area contributed by atoms with Gasteiger partial charge in [-0.25, -0.2) is 9.37 Å². The van der Waals surface area contributed by atoms with Crippen LogP contribution in [0.3, 0.4) is 0 Å². The number of nitrogens with zero attached hydrogens (tertiary/aromatic N) is 1. The zero-order valence-electron chi connectivity index (χ0n) is 10.00. The Morgan fingerprint density at radius 2 is 2.29 bits per heavy atom. The fraction of sp³-hybridized carbons (Fsp3) is 0.308. The van der Waals surface area contributed by atoms with Crippen LogP contribution in [-0.4, -0.2) is 9.97 Å². The Morgan fingerprint density at radius 1 is 1.47 bits per heavy atom. The largest absolute Gasteiger partial charge is 0.348 e. The van der Waals surface area contributed by atoms with Crippen molar-refractivity contribution in [2.45, 2.75) is 26.4 Å². The van der Waals surface area contributed by atoms with Gasteiger partial charge in [0.15, 0.2) is 0 Å². The second-order valence-electron chi connectivity index (χ2n) is 4.13. The van der Waals surface area contributed by atoms with Crippen molar-refractivity contribution in [1.82, 2.24) is 15.3 Å². The van der Waals surface area contributed by atoms with Crippen LogP contribution < -0.4 is 5.32 Å². The summed E-state index contributed by atoms with van der Waals surface area (Å²) in [5.74, 6) is -0.202. The van der Waals surface area contributed by atoms with E-state index in [0.29, 0.717) is 6.54 Å². The quantitative estimate of drug-likeness (QED) is 0.852. The van der Waals surface area contributed by atoms with Crippen molar-refractivity contribution in [3.8, 4) is 0 Å². The SMILES string of the molecule is Cc1[nH]cnc1CNC(C)c1cccc(F)c1. The molecule has 0 fully saturated rings. The minimum absolute atomic E-state index is 0.0989. The molecule has 0 aliphatic rings. The van der Waals surface area contributed by atoms with Crippen molar-refractivity contribution in [3.05, 3.63) is 53.4 Å². The molecule has 1 unspecified atom stereocenters. The minimum Gasteiger partial charge on any atom is -0.348 e. The van der Waals surface area contributed by atoms with Crippen molar-refractivity contribution in [1.29, 1.82) is 0 Å². The molecule has 0 aliphatic carbocycles. The molecule has 4 heteroatoms. The van der Waals surface area contributed by atoms with Gasteiger partial charge in [0.05, 0.1) is 12.0 Å². The number of rotatable bonds is 4. The third-order valence-electron chi connectivity index (χ3n) is 2.86. The third kappa shape index (κ3) is 2.91. The summed E-state index contributed by atoms with van der Waals surface area (Å²) in [7, 11) is 0. The summed E-state index contributed by atoms with van der Waals surface area (Å²) in [5, 5.41) is 3.32. The number of aromatic amines is 1. The Hall–Kier alpha value is -1.68. The van der Waals surface area contributed by atoms with E-state index in [9.17, 15) is 4.39 Å². The number of aryl methyl sites for hydroxylation is 1. The Bertz CT molecular complexity index is 493. The van der Waals surface area contributed by atoms with Gasteiger partial charge in [-0.05, 0) is 31.5 Å². The van der Waals surface area contributed by atoms with Gasteiger partial charge in [-0.3, -0.25) is 0 Å². The molecular formula is C13H16FN3. The molecule has 2 aromatic rings. The molecule has 0 saturated heterocycles. The smallest absolute Gasteiger partial charge is 0.123 e. The lowest BCUT2D eigenvalue weighted by atomic mass is 10.1. The molecule has 90 valence electrons. The zero-order valence-corrected chi connectivity index (χ0v) is 10.00. The highest BCUT2D eigenvalue weighted by molar-refractivity contribution is 5.20. The Kier molecular flexibility index (Phi) is 3.54. The average Bonchev–Trinajstić information content (AvgIpc) is 2.72. The van der Waals surface area contributed by atoms with Crippen molar-refractivity contribution in [2.24, 2.45) is 0 Å². The lowest BCUT2D eigenvalue weighted by Gasteiger charge is -2.13. The van der Waals surface area contributed by atoms with Gasteiger partial charge in [0, 0.05) is 18.3 Å². The first-order valence-electron chi connectivity index (χ1n) is 5.64. The zero-order chi connectivity index (χ0) is 12.3. The van der Waals surface area contributed by atoms with Gasteiger partial charge in [0.1, 0.15) is 5.82 Å². The van der Waals surface area contributed by atoms with Gasteiger partial charge in [0.2, 0.25) is 0 Å². The highest BCUT2D eigenvalue weighted by atomic mass is 19.1. The molecule has 2 N–H and O–H groups in total. The maximum absolute atomic E-state index is 13.1. The van der Waals surface area contributed by atoms with Crippen LogP contribution in [0.15, 0.2) is 30.6 Å². The lowest BCUT2D eigenvalue weighted by Crippen LogP contribution is -2.18. The molecular weight excluding hydrogens is 217 g/mol. The van der Waals surface area contributed by atoms with E-state index in [2.05, 4.69) is 15.3 Å². The maximum atomic E-state index is 13.1. The van der Waals surface area contributed by atoms with Crippen LogP contribution in [0.4, 0.5) is 4.39 Å². The van der Waals surface area contributed by atoms with E-state index in [1.54, 1.807) is 18.5 Å². The Morgan fingerprint density at radius 3 is 2.94 bits per heavy atom. The molecule has 1 aromatic carbocycles. The van der Waals surface area contributed by atoms with Crippen molar-refractivity contribution in [3.63, 3.8) is 0 Å². The van der Waals surface area contributed by atoms with Crippen LogP contribution in [0.5, 0.6) is 0 Å². The third-order valence-corrected chi connectivity index (χ3v) is 2.86. The molecule has 1 heterocycles. The second-order valence-corrected chi connectivity index (χ2v) is 4.13. The first kappa shape index (κ1) is 11.8. The molecule has 0 spiro atoms. The summed E-state index contributed by atoms with van der Waals surface area (Å²) < 4.78 is 13.1. The second kappa shape index (κ2) is 5.10. The summed E-state index contributed by atoms with van der Waals surface area (Å²) in [6, 6.07) is 6.74. The standard InChI is InChI=1S/C13H16FN3/c1-9(11-4-3-5-12(14)6-11)15-7-13-10(2)16-8-17-13/h3-6,8-9,15H,7H2,1-2H3,(H,16,17). The highest BCUT2D eigenvalue weighted by Gasteiger charge is 2.07. The number of nitrogens with one attached hydrogen (secondary N) is 2. The van der Waals surface area contributed by atoms with Crippen molar-refractivity contribution >= 4 is 0 Å². The number of aromatic nitrogens is 2. The van der Waals surface area contributed by atoms with Gasteiger partial charge in [0.25, 0.3) is 0 Å². The van der Waals surface area contributed by atoms with Gasteiger partial charge >= 0.3 is 0 Å². The number of halogens is 1. The van der Waals surface area contributed by atoms with Crippen LogP contribution in [0.25, 0.3) is 0 Å².